The Morgan fingerprint density at radius 3 is 2.37 bits per heavy atom. The van der Waals surface area contributed by atoms with Crippen molar-refractivity contribution in [1.29, 1.82) is 0 Å². The van der Waals surface area contributed by atoms with Crippen LogP contribution in [0.3, 0.4) is 0 Å². The Balaban J connectivity index is 1.87. The number of aliphatic carboxylic acids is 1. The molecule has 1 N–H and O–H groups in total. The third kappa shape index (κ3) is 4.77. The Morgan fingerprint density at radius 2 is 1.79 bits per heavy atom. The molecule has 4 nitrogen and oxygen atoms in total. The number of hydrogen-bond acceptors (Lipinski definition) is 3. The molecule has 4 heteroatoms. The van der Waals surface area contributed by atoms with Crippen molar-refractivity contribution in [2.45, 2.75) is 38.5 Å². The minimum atomic E-state index is -0.621. The minimum absolute atomic E-state index is 0.358. The Labute approximate surface area is 116 Å². The summed E-state index contributed by atoms with van der Waals surface area (Å²) in [6, 6.07) is 0. The molecule has 2 aliphatic rings. The van der Waals surface area contributed by atoms with Crippen LogP contribution in [0.25, 0.3) is 0 Å². The first-order valence-corrected chi connectivity index (χ1v) is 7.78. The molecule has 1 aliphatic carbocycles. The predicted octanol–water partition coefficient (Wildman–Crippen LogP) is 1.90. The quantitative estimate of drug-likeness (QED) is 0.827. The zero-order valence-electron chi connectivity index (χ0n) is 12.2. The lowest BCUT2D eigenvalue weighted by Gasteiger charge is -2.37. The van der Waals surface area contributed by atoms with Crippen molar-refractivity contribution in [1.82, 2.24) is 9.80 Å². The van der Waals surface area contributed by atoms with Gasteiger partial charge in [-0.3, -0.25) is 4.79 Å². The zero-order valence-corrected chi connectivity index (χ0v) is 12.2. The van der Waals surface area contributed by atoms with E-state index in [1.54, 1.807) is 0 Å². The summed E-state index contributed by atoms with van der Waals surface area (Å²) in [6.45, 7) is 5.42. The lowest BCUT2D eigenvalue weighted by molar-refractivity contribution is -0.139. The molecule has 1 atom stereocenters. The summed E-state index contributed by atoms with van der Waals surface area (Å²) in [4.78, 5) is 15.9. The van der Waals surface area contributed by atoms with E-state index in [0.717, 1.165) is 32.7 Å². The Kier molecular flexibility index (Phi) is 5.64. The normalized spacial score (nSPS) is 25.3. The smallest absolute Gasteiger partial charge is 0.303 e. The molecule has 1 saturated heterocycles. The molecule has 19 heavy (non-hydrogen) atoms. The third-order valence-electron chi connectivity index (χ3n) is 4.84. The molecule has 0 aromatic carbocycles. The fourth-order valence-electron chi connectivity index (χ4n) is 3.57. The van der Waals surface area contributed by atoms with Gasteiger partial charge in [0.25, 0.3) is 0 Å². The van der Waals surface area contributed by atoms with E-state index in [9.17, 15) is 4.79 Å². The highest BCUT2D eigenvalue weighted by atomic mass is 16.4. The predicted molar refractivity (Wildman–Crippen MR) is 76.3 cm³/mol. The van der Waals surface area contributed by atoms with E-state index < -0.39 is 5.97 Å². The topological polar surface area (TPSA) is 43.8 Å². The maximum atomic E-state index is 11.1. The number of rotatable bonds is 5. The van der Waals surface area contributed by atoms with Crippen LogP contribution >= 0.6 is 0 Å². The maximum Gasteiger partial charge on any atom is 0.303 e. The van der Waals surface area contributed by atoms with Crippen LogP contribution in [0, 0.1) is 11.8 Å². The van der Waals surface area contributed by atoms with Crippen molar-refractivity contribution in [2.75, 3.05) is 39.8 Å². The molecule has 1 aliphatic heterocycles. The largest absolute Gasteiger partial charge is 0.481 e. The molecule has 0 aromatic rings. The first-order valence-electron chi connectivity index (χ1n) is 7.78. The van der Waals surface area contributed by atoms with Crippen molar-refractivity contribution < 1.29 is 9.90 Å². The van der Waals surface area contributed by atoms with E-state index in [-0.39, 0.29) is 0 Å². The molecule has 2 rings (SSSR count). The van der Waals surface area contributed by atoms with Gasteiger partial charge in [-0.05, 0) is 18.9 Å². The van der Waals surface area contributed by atoms with Crippen LogP contribution in [0.15, 0.2) is 0 Å². The first kappa shape index (κ1) is 14.8. The molecule has 1 unspecified atom stereocenters. The zero-order chi connectivity index (χ0) is 13.7. The van der Waals surface area contributed by atoms with Gasteiger partial charge in [0, 0.05) is 39.1 Å². The molecule has 0 amide bonds. The third-order valence-corrected chi connectivity index (χ3v) is 4.84. The summed E-state index contributed by atoms with van der Waals surface area (Å²) in [5.74, 6) is 0.385. The van der Waals surface area contributed by atoms with Gasteiger partial charge >= 0.3 is 5.97 Å². The minimum Gasteiger partial charge on any atom is -0.481 e. The van der Waals surface area contributed by atoms with E-state index >= 15 is 0 Å². The van der Waals surface area contributed by atoms with E-state index in [1.165, 1.54) is 32.1 Å². The SMILES string of the molecule is CN1CCN(CC(CC(=O)O)C2CCCCC2)CC1. The second kappa shape index (κ2) is 7.25. The highest BCUT2D eigenvalue weighted by molar-refractivity contribution is 5.67. The molecule has 0 aromatic heterocycles. The fourth-order valence-corrected chi connectivity index (χ4v) is 3.57. The summed E-state index contributed by atoms with van der Waals surface area (Å²) in [6.07, 6.45) is 6.77. The molecule has 2 fully saturated rings. The van der Waals surface area contributed by atoms with Crippen LogP contribution in [0.1, 0.15) is 38.5 Å². The Bertz CT molecular complexity index is 282. The van der Waals surface area contributed by atoms with Crippen molar-refractivity contribution in [3.63, 3.8) is 0 Å². The number of carbonyl (C=O) groups is 1. The summed E-state index contributed by atoms with van der Waals surface area (Å²) >= 11 is 0. The van der Waals surface area contributed by atoms with Gasteiger partial charge in [-0.1, -0.05) is 32.1 Å². The number of carboxylic acid groups (broad SMARTS) is 1. The van der Waals surface area contributed by atoms with Gasteiger partial charge in [0.2, 0.25) is 0 Å². The van der Waals surface area contributed by atoms with Crippen molar-refractivity contribution in [3.8, 4) is 0 Å². The highest BCUT2D eigenvalue weighted by Gasteiger charge is 2.28. The summed E-state index contributed by atoms with van der Waals surface area (Å²) in [7, 11) is 2.16. The van der Waals surface area contributed by atoms with Crippen LogP contribution in [0.4, 0.5) is 0 Å². The lowest BCUT2D eigenvalue weighted by atomic mass is 9.78. The van der Waals surface area contributed by atoms with Crippen LogP contribution in [0.2, 0.25) is 0 Å². The summed E-state index contributed by atoms with van der Waals surface area (Å²) < 4.78 is 0. The molecular weight excluding hydrogens is 240 g/mol. The van der Waals surface area contributed by atoms with Crippen LogP contribution in [-0.2, 0) is 4.79 Å². The molecule has 0 radical (unpaired) electrons. The molecule has 0 spiro atoms. The Hall–Kier alpha value is -0.610. The van der Waals surface area contributed by atoms with Gasteiger partial charge < -0.3 is 14.9 Å². The second-order valence-electron chi connectivity index (χ2n) is 6.36. The van der Waals surface area contributed by atoms with Crippen LogP contribution < -0.4 is 0 Å². The summed E-state index contributed by atoms with van der Waals surface area (Å²) in [5, 5.41) is 9.16. The van der Waals surface area contributed by atoms with E-state index in [0.29, 0.717) is 18.3 Å². The van der Waals surface area contributed by atoms with Gasteiger partial charge in [0.1, 0.15) is 0 Å². The van der Waals surface area contributed by atoms with Crippen molar-refractivity contribution >= 4 is 5.97 Å². The molecule has 110 valence electrons. The monoisotopic (exact) mass is 268 g/mol. The van der Waals surface area contributed by atoms with Gasteiger partial charge in [-0.15, -0.1) is 0 Å². The average molecular weight is 268 g/mol. The molecule has 1 heterocycles. The van der Waals surface area contributed by atoms with Crippen LogP contribution in [0.5, 0.6) is 0 Å². The van der Waals surface area contributed by atoms with Crippen LogP contribution in [-0.4, -0.2) is 60.6 Å². The maximum absolute atomic E-state index is 11.1. The fraction of sp³-hybridized carbons (Fsp3) is 0.933. The molecule has 1 saturated carbocycles. The summed E-state index contributed by atoms with van der Waals surface area (Å²) in [5.41, 5.74) is 0. The highest BCUT2D eigenvalue weighted by Crippen LogP contribution is 2.32. The van der Waals surface area contributed by atoms with Gasteiger partial charge in [0.05, 0.1) is 0 Å². The second-order valence-corrected chi connectivity index (χ2v) is 6.36. The standard InChI is InChI=1S/C15H28N2O2/c1-16-7-9-17(10-8-16)12-14(11-15(18)19)13-5-3-2-4-6-13/h13-14H,2-12H2,1H3,(H,18,19). The van der Waals surface area contributed by atoms with E-state index in [4.69, 9.17) is 5.11 Å². The Morgan fingerprint density at radius 1 is 1.16 bits per heavy atom. The van der Waals surface area contributed by atoms with Crippen molar-refractivity contribution in [2.24, 2.45) is 11.8 Å². The number of nitrogens with zero attached hydrogens (tertiary/aromatic N) is 2. The number of likely N-dealkylation sites (N-methyl/N-ethyl adjacent to an activating group) is 1. The van der Waals surface area contributed by atoms with E-state index in [2.05, 4.69) is 16.8 Å². The molecule has 0 bridgehead atoms. The number of hydrogen-bond donors (Lipinski definition) is 1. The van der Waals surface area contributed by atoms with E-state index in [1.807, 2.05) is 0 Å². The number of carboxylic acids is 1. The number of piperazine rings is 1. The van der Waals surface area contributed by atoms with Gasteiger partial charge in [0.15, 0.2) is 0 Å². The first-order chi connectivity index (χ1) is 9.15. The molecular formula is C15H28N2O2. The van der Waals surface area contributed by atoms with Gasteiger partial charge in [-0.25, -0.2) is 0 Å². The van der Waals surface area contributed by atoms with Crippen molar-refractivity contribution in [3.05, 3.63) is 0 Å². The lowest BCUT2D eigenvalue weighted by Crippen LogP contribution is -2.47. The average Bonchev–Trinajstić information content (AvgIpc) is 2.41. The van der Waals surface area contributed by atoms with Gasteiger partial charge in [-0.2, -0.15) is 0 Å².